The van der Waals surface area contributed by atoms with E-state index in [4.69, 9.17) is 5.73 Å². The van der Waals surface area contributed by atoms with Gasteiger partial charge in [0.05, 0.1) is 0 Å². The number of nitrogens with zero attached hydrogens (tertiary/aromatic N) is 1. The summed E-state index contributed by atoms with van der Waals surface area (Å²) >= 11 is 0. The van der Waals surface area contributed by atoms with Crippen LogP contribution in [-0.4, -0.2) is 4.57 Å². The molecular formula is C18H24N2. The smallest absolute Gasteiger partial charge is 0.0455 e. The van der Waals surface area contributed by atoms with E-state index in [9.17, 15) is 0 Å². The monoisotopic (exact) mass is 268 g/mol. The number of rotatable bonds is 1. The van der Waals surface area contributed by atoms with Crippen LogP contribution in [0, 0.1) is 19.3 Å². The minimum atomic E-state index is 0.168. The first-order chi connectivity index (χ1) is 9.37. The lowest BCUT2D eigenvalue weighted by molar-refractivity contribution is 0.278. The third-order valence-corrected chi connectivity index (χ3v) is 4.61. The molecule has 0 saturated carbocycles. The van der Waals surface area contributed by atoms with E-state index in [0.717, 1.165) is 12.8 Å². The van der Waals surface area contributed by atoms with Crippen LogP contribution in [0.25, 0.3) is 5.69 Å². The minimum Gasteiger partial charge on any atom is -0.324 e. The standard InChI is InChI=1S/C18H24N2/c1-12-5-6-14(9-13(12)2)20-8-7-15-16(19)10-18(3,4)11-17(15)20/h5-9,16H,10-11,19H2,1-4H3. The summed E-state index contributed by atoms with van der Waals surface area (Å²) in [6.07, 6.45) is 4.34. The molecule has 0 aliphatic heterocycles. The van der Waals surface area contributed by atoms with E-state index in [-0.39, 0.29) is 11.5 Å². The molecule has 1 atom stereocenters. The first-order valence-electron chi connectivity index (χ1n) is 7.41. The van der Waals surface area contributed by atoms with Gasteiger partial charge in [0, 0.05) is 23.6 Å². The summed E-state index contributed by atoms with van der Waals surface area (Å²) in [4.78, 5) is 0. The van der Waals surface area contributed by atoms with Gasteiger partial charge < -0.3 is 10.3 Å². The van der Waals surface area contributed by atoms with Crippen molar-refractivity contribution >= 4 is 0 Å². The van der Waals surface area contributed by atoms with Crippen molar-refractivity contribution in [2.75, 3.05) is 0 Å². The van der Waals surface area contributed by atoms with Crippen molar-refractivity contribution < 1.29 is 0 Å². The van der Waals surface area contributed by atoms with Crippen LogP contribution in [0.15, 0.2) is 30.5 Å². The minimum absolute atomic E-state index is 0.168. The van der Waals surface area contributed by atoms with Crippen molar-refractivity contribution in [3.8, 4) is 5.69 Å². The van der Waals surface area contributed by atoms with E-state index < -0.39 is 0 Å². The number of nitrogens with two attached hydrogens (primary N) is 1. The lowest BCUT2D eigenvalue weighted by Gasteiger charge is -2.34. The van der Waals surface area contributed by atoms with Gasteiger partial charge in [-0.15, -0.1) is 0 Å². The van der Waals surface area contributed by atoms with Crippen molar-refractivity contribution in [3.63, 3.8) is 0 Å². The first-order valence-corrected chi connectivity index (χ1v) is 7.41. The van der Waals surface area contributed by atoms with Crippen LogP contribution in [-0.2, 0) is 6.42 Å². The second-order valence-corrected chi connectivity index (χ2v) is 7.01. The predicted molar refractivity (Wildman–Crippen MR) is 84.3 cm³/mol. The Morgan fingerprint density at radius 2 is 1.90 bits per heavy atom. The molecule has 1 aliphatic rings. The van der Waals surface area contributed by atoms with Gasteiger partial charge in [0.25, 0.3) is 0 Å². The lowest BCUT2D eigenvalue weighted by Crippen LogP contribution is -2.30. The third kappa shape index (κ3) is 2.18. The summed E-state index contributed by atoms with van der Waals surface area (Å²) < 4.78 is 2.32. The van der Waals surface area contributed by atoms with E-state index in [0.29, 0.717) is 0 Å². The number of hydrogen-bond acceptors (Lipinski definition) is 1. The molecule has 1 aromatic heterocycles. The van der Waals surface area contributed by atoms with Gasteiger partial charge in [0.2, 0.25) is 0 Å². The van der Waals surface area contributed by atoms with E-state index in [2.05, 4.69) is 62.7 Å². The molecule has 0 spiro atoms. The molecule has 1 aliphatic carbocycles. The Balaban J connectivity index is 2.10. The van der Waals surface area contributed by atoms with Gasteiger partial charge in [-0.25, -0.2) is 0 Å². The van der Waals surface area contributed by atoms with Gasteiger partial charge >= 0.3 is 0 Å². The van der Waals surface area contributed by atoms with Gasteiger partial charge in [-0.05, 0) is 67.0 Å². The maximum atomic E-state index is 6.35. The fraction of sp³-hybridized carbons (Fsp3) is 0.444. The van der Waals surface area contributed by atoms with Gasteiger partial charge in [-0.3, -0.25) is 0 Å². The largest absolute Gasteiger partial charge is 0.324 e. The Morgan fingerprint density at radius 1 is 1.15 bits per heavy atom. The molecule has 2 N–H and O–H groups in total. The molecule has 3 rings (SSSR count). The zero-order valence-electron chi connectivity index (χ0n) is 12.9. The average Bonchev–Trinajstić information content (AvgIpc) is 2.75. The maximum Gasteiger partial charge on any atom is 0.0455 e. The highest BCUT2D eigenvalue weighted by Crippen LogP contribution is 2.40. The average molecular weight is 268 g/mol. The van der Waals surface area contributed by atoms with Crippen LogP contribution in [0.1, 0.15) is 48.7 Å². The molecular weight excluding hydrogens is 244 g/mol. The highest BCUT2D eigenvalue weighted by atomic mass is 15.0. The van der Waals surface area contributed by atoms with Gasteiger partial charge in [0.15, 0.2) is 0 Å². The van der Waals surface area contributed by atoms with Crippen LogP contribution in [0.2, 0.25) is 0 Å². The normalized spacial score (nSPS) is 20.8. The Hall–Kier alpha value is -1.54. The summed E-state index contributed by atoms with van der Waals surface area (Å²) in [5.74, 6) is 0. The summed E-state index contributed by atoms with van der Waals surface area (Å²) in [5.41, 5.74) is 13.3. The number of fused-ring (bicyclic) bond motifs is 1. The number of aromatic nitrogens is 1. The Kier molecular flexibility index (Phi) is 3.02. The van der Waals surface area contributed by atoms with E-state index in [1.807, 2.05) is 0 Å². The molecule has 0 bridgehead atoms. The molecule has 2 aromatic rings. The van der Waals surface area contributed by atoms with Gasteiger partial charge in [-0.2, -0.15) is 0 Å². The first kappa shape index (κ1) is 13.4. The number of aryl methyl sites for hydroxylation is 2. The van der Waals surface area contributed by atoms with E-state index >= 15 is 0 Å². The summed E-state index contributed by atoms with van der Waals surface area (Å²) in [6, 6.07) is 9.04. The molecule has 106 valence electrons. The van der Waals surface area contributed by atoms with Crippen molar-refractivity contribution in [1.82, 2.24) is 4.57 Å². The van der Waals surface area contributed by atoms with E-state index in [1.165, 1.54) is 28.1 Å². The topological polar surface area (TPSA) is 30.9 Å². The second kappa shape index (κ2) is 4.49. The van der Waals surface area contributed by atoms with Crippen LogP contribution >= 0.6 is 0 Å². The van der Waals surface area contributed by atoms with Crippen molar-refractivity contribution in [3.05, 3.63) is 52.8 Å². The second-order valence-electron chi connectivity index (χ2n) is 7.01. The SMILES string of the molecule is Cc1ccc(-n2ccc3c2CC(C)(C)CC3N)cc1C. The maximum absolute atomic E-state index is 6.35. The summed E-state index contributed by atoms with van der Waals surface area (Å²) in [6.45, 7) is 8.95. The molecule has 0 saturated heterocycles. The van der Waals surface area contributed by atoms with Crippen LogP contribution in [0.5, 0.6) is 0 Å². The van der Waals surface area contributed by atoms with Gasteiger partial charge in [-0.1, -0.05) is 19.9 Å². The third-order valence-electron chi connectivity index (χ3n) is 4.61. The number of hydrogen-bond donors (Lipinski definition) is 1. The molecule has 20 heavy (non-hydrogen) atoms. The Bertz CT molecular complexity index is 649. The van der Waals surface area contributed by atoms with Crippen molar-refractivity contribution in [1.29, 1.82) is 0 Å². The van der Waals surface area contributed by atoms with Crippen LogP contribution < -0.4 is 5.73 Å². The molecule has 0 amide bonds. The highest BCUT2D eigenvalue weighted by molar-refractivity contribution is 5.44. The fourth-order valence-corrected chi connectivity index (χ4v) is 3.35. The lowest BCUT2D eigenvalue weighted by atomic mass is 9.74. The van der Waals surface area contributed by atoms with Crippen molar-refractivity contribution in [2.24, 2.45) is 11.1 Å². The molecule has 0 radical (unpaired) electrons. The Labute approximate surface area is 121 Å². The highest BCUT2D eigenvalue weighted by Gasteiger charge is 2.32. The summed E-state index contributed by atoms with van der Waals surface area (Å²) in [5, 5.41) is 0. The molecule has 2 heteroatoms. The fourth-order valence-electron chi connectivity index (χ4n) is 3.35. The van der Waals surface area contributed by atoms with Crippen molar-refractivity contribution in [2.45, 2.75) is 46.6 Å². The molecule has 2 nitrogen and oxygen atoms in total. The Morgan fingerprint density at radius 3 is 2.60 bits per heavy atom. The van der Waals surface area contributed by atoms with Gasteiger partial charge in [0.1, 0.15) is 0 Å². The number of benzene rings is 1. The quantitative estimate of drug-likeness (QED) is 0.830. The zero-order chi connectivity index (χ0) is 14.5. The summed E-state index contributed by atoms with van der Waals surface area (Å²) in [7, 11) is 0. The molecule has 1 aromatic carbocycles. The van der Waals surface area contributed by atoms with Crippen LogP contribution in [0.4, 0.5) is 0 Å². The molecule has 0 fully saturated rings. The zero-order valence-corrected chi connectivity index (χ0v) is 12.9. The molecule has 1 heterocycles. The van der Waals surface area contributed by atoms with E-state index in [1.54, 1.807) is 0 Å². The van der Waals surface area contributed by atoms with Crippen LogP contribution in [0.3, 0.4) is 0 Å². The molecule has 1 unspecified atom stereocenters. The predicted octanol–water partition coefficient (Wildman–Crippen LogP) is 4.07.